The highest BCUT2D eigenvalue weighted by molar-refractivity contribution is 6.63. The Morgan fingerprint density at radius 1 is 1.24 bits per heavy atom. The Balaban J connectivity index is 2.56. The van der Waals surface area contributed by atoms with E-state index < -0.39 is 34.7 Å². The van der Waals surface area contributed by atoms with Gasteiger partial charge in [-0.3, -0.25) is 10.1 Å². The molecule has 1 aliphatic rings. The lowest BCUT2D eigenvalue weighted by molar-refractivity contribution is -0.383. The smallest absolute Gasteiger partial charge is 0.494 e. The monoisotopic (exact) mass is 297 g/mol. The molecule has 1 heterocycles. The lowest BCUT2D eigenvalue weighted by Crippen LogP contribution is -2.41. The van der Waals surface area contributed by atoms with Gasteiger partial charge in [0.15, 0.2) is 11.6 Å². The zero-order valence-electron chi connectivity index (χ0n) is 12.6. The summed E-state index contributed by atoms with van der Waals surface area (Å²) in [7, 11) is 0.128. The largest absolute Gasteiger partial charge is 0.505 e. The van der Waals surface area contributed by atoms with Crippen LogP contribution in [0, 0.1) is 15.9 Å². The number of nitrogens with zero attached hydrogens (tertiary/aromatic N) is 1. The van der Waals surface area contributed by atoms with E-state index in [1.165, 1.54) is 19.2 Å². The van der Waals surface area contributed by atoms with Gasteiger partial charge >= 0.3 is 7.12 Å². The first-order valence-electron chi connectivity index (χ1n) is 6.47. The number of nitro groups is 1. The Morgan fingerprint density at radius 2 is 1.76 bits per heavy atom. The molecule has 0 saturated carbocycles. The van der Waals surface area contributed by atoms with E-state index >= 15 is 0 Å². The highest BCUT2D eigenvalue weighted by Crippen LogP contribution is 2.38. The summed E-state index contributed by atoms with van der Waals surface area (Å²) in [5.74, 6) is -0.935. The summed E-state index contributed by atoms with van der Waals surface area (Å²) in [5.41, 5.74) is -2.09. The van der Waals surface area contributed by atoms with Crippen LogP contribution in [0.3, 0.4) is 0 Å². The quantitative estimate of drug-likeness (QED) is 0.485. The Hall–Kier alpha value is -1.67. The van der Waals surface area contributed by atoms with Gasteiger partial charge < -0.3 is 14.0 Å². The first kappa shape index (κ1) is 15.7. The second kappa shape index (κ2) is 4.96. The first-order valence-corrected chi connectivity index (χ1v) is 6.47. The molecule has 2 rings (SSSR count). The predicted molar refractivity (Wildman–Crippen MR) is 75.3 cm³/mol. The zero-order chi connectivity index (χ0) is 16.0. The van der Waals surface area contributed by atoms with E-state index in [0.29, 0.717) is 0 Å². The minimum atomic E-state index is -1.16. The fraction of sp³-hybridized carbons (Fsp3) is 0.538. The minimum Gasteiger partial charge on any atom is -0.494 e. The summed E-state index contributed by atoms with van der Waals surface area (Å²) < 4.78 is 30.7. The number of nitro benzene ring substituents is 1. The lowest BCUT2D eigenvalue weighted by atomic mass is 9.77. The van der Waals surface area contributed by atoms with Gasteiger partial charge in [0.1, 0.15) is 0 Å². The van der Waals surface area contributed by atoms with Crippen LogP contribution in [-0.4, -0.2) is 30.4 Å². The summed E-state index contributed by atoms with van der Waals surface area (Å²) in [6.45, 7) is 7.15. The average Bonchev–Trinajstić information content (AvgIpc) is 2.57. The maximum Gasteiger partial charge on any atom is 0.505 e. The van der Waals surface area contributed by atoms with Crippen LogP contribution in [-0.2, 0) is 9.31 Å². The molecular weight excluding hydrogens is 280 g/mol. The highest BCUT2D eigenvalue weighted by Gasteiger charge is 2.54. The van der Waals surface area contributed by atoms with Gasteiger partial charge in [-0.1, -0.05) is 0 Å². The number of rotatable bonds is 3. The second-order valence-electron chi connectivity index (χ2n) is 5.86. The van der Waals surface area contributed by atoms with Crippen molar-refractivity contribution >= 4 is 18.3 Å². The SMILES string of the molecule is COc1ccc([N+](=O)[O-])c(B2OC(C)(C)C(C)(C)O2)c1F. The van der Waals surface area contributed by atoms with Crippen LogP contribution >= 0.6 is 0 Å². The van der Waals surface area contributed by atoms with E-state index in [0.717, 1.165) is 0 Å². The van der Waals surface area contributed by atoms with Gasteiger partial charge in [-0.25, -0.2) is 4.39 Å². The van der Waals surface area contributed by atoms with Crippen molar-refractivity contribution in [2.45, 2.75) is 38.9 Å². The van der Waals surface area contributed by atoms with Crippen LogP contribution in [0.4, 0.5) is 10.1 Å². The maximum atomic E-state index is 14.5. The molecule has 1 aromatic carbocycles. The highest BCUT2D eigenvalue weighted by atomic mass is 19.1. The Morgan fingerprint density at radius 3 is 2.19 bits per heavy atom. The molecule has 0 radical (unpaired) electrons. The van der Waals surface area contributed by atoms with Gasteiger partial charge in [-0.15, -0.1) is 0 Å². The molecule has 6 nitrogen and oxygen atoms in total. The van der Waals surface area contributed by atoms with Crippen LogP contribution in [0.2, 0.25) is 0 Å². The molecule has 0 aromatic heterocycles. The molecule has 0 spiro atoms. The third-order valence-electron chi connectivity index (χ3n) is 4.03. The lowest BCUT2D eigenvalue weighted by Gasteiger charge is -2.32. The van der Waals surface area contributed by atoms with Crippen LogP contribution in [0.15, 0.2) is 12.1 Å². The Kier molecular flexibility index (Phi) is 3.71. The standard InChI is InChI=1S/C13H17BFNO5/c1-12(2)13(3,4)21-14(20-12)10-8(16(17)18)6-7-9(19-5)11(10)15/h6-7H,1-5H3. The maximum absolute atomic E-state index is 14.5. The van der Waals surface area contributed by atoms with Gasteiger partial charge in [0, 0.05) is 6.07 Å². The molecule has 0 unspecified atom stereocenters. The topological polar surface area (TPSA) is 70.8 Å². The molecule has 8 heteroatoms. The summed E-state index contributed by atoms with van der Waals surface area (Å²) in [5, 5.41) is 11.1. The summed E-state index contributed by atoms with van der Waals surface area (Å²) in [4.78, 5) is 10.5. The Bertz CT molecular complexity index is 574. The second-order valence-corrected chi connectivity index (χ2v) is 5.86. The predicted octanol–water partition coefficient (Wildman–Crippen LogP) is 2.04. The number of hydrogen-bond donors (Lipinski definition) is 0. The third kappa shape index (κ3) is 2.49. The normalized spacial score (nSPS) is 19.6. The number of hydrogen-bond acceptors (Lipinski definition) is 5. The number of halogens is 1. The van der Waals surface area contributed by atoms with Crippen molar-refractivity contribution in [3.8, 4) is 5.75 Å². The molecular formula is C13H17BFNO5. The van der Waals surface area contributed by atoms with E-state index in [4.69, 9.17) is 14.0 Å². The first-order chi connectivity index (χ1) is 9.60. The third-order valence-corrected chi connectivity index (χ3v) is 4.03. The van der Waals surface area contributed by atoms with Crippen molar-refractivity contribution in [1.29, 1.82) is 0 Å². The molecule has 1 fully saturated rings. The summed E-state index contributed by atoms with van der Waals surface area (Å²) in [6, 6.07) is 2.39. The minimum absolute atomic E-state index is 0.0923. The van der Waals surface area contributed by atoms with E-state index in [2.05, 4.69) is 0 Å². The molecule has 21 heavy (non-hydrogen) atoms. The van der Waals surface area contributed by atoms with Crippen molar-refractivity contribution in [3.05, 3.63) is 28.1 Å². The molecule has 1 saturated heterocycles. The number of benzene rings is 1. The Labute approximate surface area is 122 Å². The molecule has 0 N–H and O–H groups in total. The fourth-order valence-corrected chi connectivity index (χ4v) is 2.06. The molecule has 0 atom stereocenters. The van der Waals surface area contributed by atoms with E-state index in [-0.39, 0.29) is 11.2 Å². The van der Waals surface area contributed by atoms with Crippen LogP contribution in [0.1, 0.15) is 27.7 Å². The van der Waals surface area contributed by atoms with Gasteiger partial charge in [-0.2, -0.15) is 0 Å². The fourth-order valence-electron chi connectivity index (χ4n) is 2.06. The van der Waals surface area contributed by atoms with E-state index in [1.54, 1.807) is 27.7 Å². The van der Waals surface area contributed by atoms with Gasteiger partial charge in [0.2, 0.25) is 0 Å². The van der Waals surface area contributed by atoms with Gasteiger partial charge in [0.25, 0.3) is 5.69 Å². The van der Waals surface area contributed by atoms with Crippen LogP contribution < -0.4 is 10.2 Å². The number of methoxy groups -OCH3 is 1. The molecule has 0 bridgehead atoms. The van der Waals surface area contributed by atoms with Crippen LogP contribution in [0.5, 0.6) is 5.75 Å². The van der Waals surface area contributed by atoms with Gasteiger partial charge in [0.05, 0.1) is 28.7 Å². The van der Waals surface area contributed by atoms with Crippen molar-refractivity contribution < 1.29 is 23.4 Å². The van der Waals surface area contributed by atoms with Crippen LogP contribution in [0.25, 0.3) is 0 Å². The van der Waals surface area contributed by atoms with Gasteiger partial charge in [-0.05, 0) is 33.8 Å². The van der Waals surface area contributed by atoms with Crippen molar-refractivity contribution in [1.82, 2.24) is 0 Å². The molecule has 1 aromatic rings. The molecule has 114 valence electrons. The van der Waals surface area contributed by atoms with Crippen molar-refractivity contribution in [2.24, 2.45) is 0 Å². The zero-order valence-corrected chi connectivity index (χ0v) is 12.6. The van der Waals surface area contributed by atoms with Crippen molar-refractivity contribution in [2.75, 3.05) is 7.11 Å². The van der Waals surface area contributed by atoms with Crippen molar-refractivity contribution in [3.63, 3.8) is 0 Å². The molecule has 0 aliphatic carbocycles. The molecule has 1 aliphatic heterocycles. The summed E-state index contributed by atoms with van der Waals surface area (Å²) >= 11 is 0. The van der Waals surface area contributed by atoms with E-state index in [1.807, 2.05) is 0 Å². The van der Waals surface area contributed by atoms with E-state index in [9.17, 15) is 14.5 Å². The molecule has 0 amide bonds. The summed E-state index contributed by atoms with van der Waals surface area (Å²) in [6.07, 6.45) is 0. The number of ether oxygens (including phenoxy) is 1. The average molecular weight is 297 g/mol.